The fraction of sp³-hybridized carbons (Fsp3) is 0.769. The molecule has 0 saturated carbocycles. The lowest BCUT2D eigenvalue weighted by Gasteiger charge is -2.22. The Morgan fingerprint density at radius 3 is 2.56 bits per heavy atom. The fourth-order valence-electron chi connectivity index (χ4n) is 1.66. The fourth-order valence-corrected chi connectivity index (χ4v) is 2.52. The minimum absolute atomic E-state index is 0.424. The summed E-state index contributed by atoms with van der Waals surface area (Å²) in [7, 11) is 2.05. The van der Waals surface area contributed by atoms with Gasteiger partial charge in [0.05, 0.1) is 5.01 Å². The maximum Gasteiger partial charge on any atom is 0.0943 e. The lowest BCUT2D eigenvalue weighted by molar-refractivity contribution is 0.334. The number of hydrogen-bond acceptors (Lipinski definition) is 3. The van der Waals surface area contributed by atoms with Crippen molar-refractivity contribution in [3.8, 4) is 0 Å². The van der Waals surface area contributed by atoms with Gasteiger partial charge in [0.1, 0.15) is 0 Å². The number of likely N-dealkylation sites (N-methyl/N-ethyl adjacent to an activating group) is 1. The number of nitrogens with one attached hydrogen (secondary N) is 1. The summed E-state index contributed by atoms with van der Waals surface area (Å²) in [5.74, 6) is 0. The van der Waals surface area contributed by atoms with Crippen LogP contribution in [0.15, 0.2) is 5.38 Å². The van der Waals surface area contributed by atoms with Crippen LogP contribution in [0.5, 0.6) is 0 Å². The van der Waals surface area contributed by atoms with Crippen LogP contribution in [0.25, 0.3) is 0 Å². The molecule has 1 aromatic rings. The molecule has 0 fully saturated rings. The van der Waals surface area contributed by atoms with E-state index in [9.17, 15) is 0 Å². The van der Waals surface area contributed by atoms with Crippen molar-refractivity contribution in [2.75, 3.05) is 7.05 Å². The summed E-state index contributed by atoms with van der Waals surface area (Å²) in [4.78, 5) is 4.52. The van der Waals surface area contributed by atoms with Gasteiger partial charge in [0.15, 0.2) is 0 Å². The summed E-state index contributed by atoms with van der Waals surface area (Å²) in [6.07, 6.45) is 3.53. The lowest BCUT2D eigenvalue weighted by Crippen LogP contribution is -2.28. The van der Waals surface area contributed by atoms with Crippen molar-refractivity contribution in [2.45, 2.75) is 53.0 Å². The van der Waals surface area contributed by atoms with Crippen LogP contribution in [0.4, 0.5) is 0 Å². The standard InChI is InChI=1S/C13H24N2S/c1-10-9-16-12(15-10)8-11(14-5)6-7-13(2,3)4/h9,11,14H,6-8H2,1-5H3. The largest absolute Gasteiger partial charge is 0.317 e. The van der Waals surface area contributed by atoms with E-state index in [4.69, 9.17) is 0 Å². The van der Waals surface area contributed by atoms with Crippen molar-refractivity contribution in [1.82, 2.24) is 10.3 Å². The SMILES string of the molecule is CNC(CCC(C)(C)C)Cc1nc(C)cs1. The molecule has 92 valence electrons. The van der Waals surface area contributed by atoms with E-state index >= 15 is 0 Å². The molecule has 0 aliphatic carbocycles. The van der Waals surface area contributed by atoms with E-state index in [2.05, 4.69) is 43.4 Å². The number of rotatable bonds is 5. The van der Waals surface area contributed by atoms with Gasteiger partial charge < -0.3 is 5.32 Å². The van der Waals surface area contributed by atoms with Gasteiger partial charge in [-0.05, 0) is 32.2 Å². The summed E-state index contributed by atoms with van der Waals surface area (Å²) in [5, 5.41) is 6.79. The van der Waals surface area contributed by atoms with E-state index in [1.165, 1.54) is 17.8 Å². The van der Waals surface area contributed by atoms with Crippen LogP contribution >= 0.6 is 11.3 Å². The number of aryl methyl sites for hydroxylation is 1. The molecule has 0 aliphatic heterocycles. The third-order valence-corrected chi connectivity index (χ3v) is 3.73. The van der Waals surface area contributed by atoms with Gasteiger partial charge in [0, 0.05) is 23.5 Å². The molecule has 1 rings (SSSR count). The Bertz CT molecular complexity index is 312. The summed E-state index contributed by atoms with van der Waals surface area (Å²) in [5.41, 5.74) is 1.57. The average molecular weight is 240 g/mol. The molecule has 16 heavy (non-hydrogen) atoms. The summed E-state index contributed by atoms with van der Waals surface area (Å²) < 4.78 is 0. The molecule has 3 heteroatoms. The van der Waals surface area contributed by atoms with E-state index in [0.717, 1.165) is 12.1 Å². The van der Waals surface area contributed by atoms with Gasteiger partial charge in [0.25, 0.3) is 0 Å². The minimum Gasteiger partial charge on any atom is -0.317 e. The predicted octanol–water partition coefficient (Wildman–Crippen LogP) is 3.41. The van der Waals surface area contributed by atoms with E-state index in [1.54, 1.807) is 11.3 Å². The lowest BCUT2D eigenvalue weighted by atomic mass is 9.88. The van der Waals surface area contributed by atoms with Crippen molar-refractivity contribution in [3.63, 3.8) is 0 Å². The van der Waals surface area contributed by atoms with Crippen molar-refractivity contribution < 1.29 is 0 Å². The molecule has 1 heterocycles. The molecule has 0 aliphatic rings. The summed E-state index contributed by atoms with van der Waals surface area (Å²) in [6.45, 7) is 8.96. The third kappa shape index (κ3) is 5.08. The number of thiazole rings is 1. The first kappa shape index (κ1) is 13.7. The summed E-state index contributed by atoms with van der Waals surface area (Å²) >= 11 is 1.78. The molecular weight excluding hydrogens is 216 g/mol. The second kappa shape index (κ2) is 5.78. The van der Waals surface area contributed by atoms with Crippen LogP contribution < -0.4 is 5.32 Å². The van der Waals surface area contributed by atoms with E-state index in [1.807, 2.05) is 7.05 Å². The van der Waals surface area contributed by atoms with Crippen LogP contribution in [0.2, 0.25) is 0 Å². The van der Waals surface area contributed by atoms with Gasteiger partial charge in [0.2, 0.25) is 0 Å². The zero-order chi connectivity index (χ0) is 12.2. The number of aromatic nitrogens is 1. The molecule has 0 saturated heterocycles. The van der Waals surface area contributed by atoms with E-state index in [0.29, 0.717) is 11.5 Å². The highest BCUT2D eigenvalue weighted by Crippen LogP contribution is 2.23. The Balaban J connectivity index is 2.43. The van der Waals surface area contributed by atoms with Crippen molar-refractivity contribution in [3.05, 3.63) is 16.1 Å². The van der Waals surface area contributed by atoms with E-state index in [-0.39, 0.29) is 0 Å². The van der Waals surface area contributed by atoms with Gasteiger partial charge in [-0.3, -0.25) is 0 Å². The van der Waals surface area contributed by atoms with Gasteiger partial charge in [-0.1, -0.05) is 20.8 Å². The molecule has 1 aromatic heterocycles. The quantitative estimate of drug-likeness (QED) is 0.853. The highest BCUT2D eigenvalue weighted by atomic mass is 32.1. The molecule has 0 radical (unpaired) electrons. The Morgan fingerprint density at radius 2 is 2.12 bits per heavy atom. The van der Waals surface area contributed by atoms with E-state index < -0.39 is 0 Å². The zero-order valence-corrected chi connectivity index (χ0v) is 11.9. The minimum atomic E-state index is 0.424. The van der Waals surface area contributed by atoms with Gasteiger partial charge in [-0.25, -0.2) is 4.98 Å². The van der Waals surface area contributed by atoms with Crippen LogP contribution in [0, 0.1) is 12.3 Å². The first-order chi connectivity index (χ1) is 7.40. The van der Waals surface area contributed by atoms with Crippen LogP contribution in [-0.2, 0) is 6.42 Å². The topological polar surface area (TPSA) is 24.9 Å². The second-order valence-corrected chi connectivity index (χ2v) is 6.61. The maximum absolute atomic E-state index is 4.52. The van der Waals surface area contributed by atoms with Gasteiger partial charge in [-0.15, -0.1) is 11.3 Å². The number of hydrogen-bond donors (Lipinski definition) is 1. The Morgan fingerprint density at radius 1 is 1.44 bits per heavy atom. The van der Waals surface area contributed by atoms with Gasteiger partial charge >= 0.3 is 0 Å². The maximum atomic E-state index is 4.52. The van der Waals surface area contributed by atoms with Crippen molar-refractivity contribution in [2.24, 2.45) is 5.41 Å². The van der Waals surface area contributed by atoms with Crippen molar-refractivity contribution in [1.29, 1.82) is 0 Å². The molecular formula is C13H24N2S. The Hall–Kier alpha value is -0.410. The third-order valence-electron chi connectivity index (χ3n) is 2.74. The normalized spacial score (nSPS) is 14.1. The molecule has 0 bridgehead atoms. The molecule has 0 spiro atoms. The highest BCUT2D eigenvalue weighted by molar-refractivity contribution is 7.09. The van der Waals surface area contributed by atoms with Crippen LogP contribution in [0.1, 0.15) is 44.3 Å². The molecule has 0 aromatic carbocycles. The van der Waals surface area contributed by atoms with Crippen LogP contribution in [-0.4, -0.2) is 18.1 Å². The van der Waals surface area contributed by atoms with Crippen molar-refractivity contribution >= 4 is 11.3 Å². The first-order valence-electron chi connectivity index (χ1n) is 5.99. The molecule has 1 unspecified atom stereocenters. The number of nitrogens with zero attached hydrogens (tertiary/aromatic N) is 1. The Kier molecular flexibility index (Phi) is 4.93. The second-order valence-electron chi connectivity index (χ2n) is 5.67. The van der Waals surface area contributed by atoms with Crippen LogP contribution in [0.3, 0.4) is 0 Å². The highest BCUT2D eigenvalue weighted by Gasteiger charge is 2.15. The first-order valence-corrected chi connectivity index (χ1v) is 6.87. The zero-order valence-electron chi connectivity index (χ0n) is 11.1. The van der Waals surface area contributed by atoms with Gasteiger partial charge in [-0.2, -0.15) is 0 Å². The molecule has 2 nitrogen and oxygen atoms in total. The predicted molar refractivity (Wildman–Crippen MR) is 72.1 cm³/mol. The smallest absolute Gasteiger partial charge is 0.0943 e. The summed E-state index contributed by atoms with van der Waals surface area (Å²) in [6, 6.07) is 0.560. The monoisotopic (exact) mass is 240 g/mol. The molecule has 1 N–H and O–H groups in total. The Labute approximate surface area is 103 Å². The molecule has 1 atom stereocenters. The average Bonchev–Trinajstić information content (AvgIpc) is 2.57. The molecule has 0 amide bonds.